The third-order valence-corrected chi connectivity index (χ3v) is 6.00. The molecule has 0 aromatic heterocycles. The fraction of sp³-hybridized carbons (Fsp3) is 0.333. The molecule has 122 valence electrons. The van der Waals surface area contributed by atoms with Crippen LogP contribution in [-0.2, 0) is 5.41 Å². The molecular formula is C24H26. The van der Waals surface area contributed by atoms with Gasteiger partial charge in [0.2, 0.25) is 0 Å². The van der Waals surface area contributed by atoms with E-state index in [-0.39, 0.29) is 5.41 Å². The lowest BCUT2D eigenvalue weighted by molar-refractivity contribution is 0.359. The molecule has 0 fully saturated rings. The first kappa shape index (κ1) is 15.4. The Morgan fingerprint density at radius 2 is 1.75 bits per heavy atom. The molecule has 0 nitrogen and oxygen atoms in total. The van der Waals surface area contributed by atoms with Gasteiger partial charge in [-0.2, -0.15) is 0 Å². The third-order valence-electron chi connectivity index (χ3n) is 6.00. The first-order valence-electron chi connectivity index (χ1n) is 9.12. The van der Waals surface area contributed by atoms with Crippen molar-refractivity contribution in [2.75, 3.05) is 0 Å². The van der Waals surface area contributed by atoms with Crippen molar-refractivity contribution in [2.24, 2.45) is 17.8 Å². The normalized spacial score (nSPS) is 30.5. The molecule has 1 aromatic carbocycles. The minimum Gasteiger partial charge on any atom is -0.0817 e. The SMILES string of the molecule is CC1=CC2=C([C@@](C)(c3ccccc3)C3C=CC=C[C@@H](C)C3)[C@@H]2C=C1. The Morgan fingerprint density at radius 3 is 2.50 bits per heavy atom. The Balaban J connectivity index is 1.82. The number of rotatable bonds is 3. The summed E-state index contributed by atoms with van der Waals surface area (Å²) >= 11 is 0. The summed E-state index contributed by atoms with van der Waals surface area (Å²) in [5.41, 5.74) is 6.08. The van der Waals surface area contributed by atoms with E-state index in [2.05, 4.69) is 93.6 Å². The molecule has 0 saturated heterocycles. The standard InChI is InChI=1S/C24H26/c1-17-9-7-8-12-20(15-17)24(3,19-10-5-4-6-11-19)23-21-14-13-18(2)16-22(21)23/h4-14,16-17,20-21H,15H2,1-3H3/t17-,20?,21-,24+/m1/s1. The van der Waals surface area contributed by atoms with Crippen LogP contribution < -0.4 is 0 Å². The second kappa shape index (κ2) is 5.77. The largest absolute Gasteiger partial charge is 0.0817 e. The smallest absolute Gasteiger partial charge is 0.0247 e. The zero-order valence-electron chi connectivity index (χ0n) is 14.9. The van der Waals surface area contributed by atoms with Crippen LogP contribution in [0.3, 0.4) is 0 Å². The predicted molar refractivity (Wildman–Crippen MR) is 103 cm³/mol. The molecule has 4 atom stereocenters. The molecule has 3 aliphatic rings. The molecule has 4 rings (SSSR count). The van der Waals surface area contributed by atoms with E-state index in [1.807, 2.05) is 0 Å². The molecule has 0 radical (unpaired) electrons. The van der Waals surface area contributed by atoms with Crippen LogP contribution in [0, 0.1) is 17.8 Å². The molecule has 0 N–H and O–H groups in total. The van der Waals surface area contributed by atoms with Crippen molar-refractivity contribution >= 4 is 0 Å². The first-order valence-corrected chi connectivity index (χ1v) is 9.12. The van der Waals surface area contributed by atoms with Crippen molar-refractivity contribution in [3.8, 4) is 0 Å². The number of hydrogen-bond acceptors (Lipinski definition) is 0. The number of benzene rings is 1. The van der Waals surface area contributed by atoms with Gasteiger partial charge in [0, 0.05) is 11.3 Å². The summed E-state index contributed by atoms with van der Waals surface area (Å²) in [5.74, 6) is 1.70. The van der Waals surface area contributed by atoms with Gasteiger partial charge < -0.3 is 0 Å². The molecule has 0 saturated carbocycles. The molecular weight excluding hydrogens is 288 g/mol. The lowest BCUT2D eigenvalue weighted by Gasteiger charge is -2.37. The molecule has 1 unspecified atom stereocenters. The highest BCUT2D eigenvalue weighted by atomic mass is 14.5. The molecule has 0 aliphatic heterocycles. The number of hydrogen-bond donors (Lipinski definition) is 0. The van der Waals surface area contributed by atoms with E-state index in [1.165, 1.54) is 17.6 Å². The van der Waals surface area contributed by atoms with Gasteiger partial charge in [-0.1, -0.05) is 92.3 Å². The van der Waals surface area contributed by atoms with Crippen LogP contribution in [0.15, 0.2) is 89.6 Å². The van der Waals surface area contributed by atoms with Crippen LogP contribution in [0.1, 0.15) is 32.8 Å². The number of allylic oxidation sites excluding steroid dienone is 10. The summed E-state index contributed by atoms with van der Waals surface area (Å²) < 4.78 is 0. The van der Waals surface area contributed by atoms with E-state index in [0.29, 0.717) is 17.8 Å². The van der Waals surface area contributed by atoms with Gasteiger partial charge in [-0.05, 0) is 41.9 Å². The highest BCUT2D eigenvalue weighted by Crippen LogP contribution is 2.58. The Labute approximate surface area is 146 Å². The second-order valence-electron chi connectivity index (χ2n) is 7.75. The van der Waals surface area contributed by atoms with Gasteiger partial charge in [0.1, 0.15) is 0 Å². The van der Waals surface area contributed by atoms with Gasteiger partial charge in [0.05, 0.1) is 0 Å². The van der Waals surface area contributed by atoms with Gasteiger partial charge >= 0.3 is 0 Å². The highest BCUT2D eigenvalue weighted by Gasteiger charge is 2.50. The molecule has 3 aliphatic carbocycles. The van der Waals surface area contributed by atoms with Gasteiger partial charge in [0.25, 0.3) is 0 Å². The Bertz CT molecular complexity index is 785. The zero-order valence-corrected chi connectivity index (χ0v) is 14.9. The fourth-order valence-electron chi connectivity index (χ4n) is 4.58. The van der Waals surface area contributed by atoms with E-state index in [4.69, 9.17) is 0 Å². The van der Waals surface area contributed by atoms with E-state index >= 15 is 0 Å². The molecule has 0 bridgehead atoms. The van der Waals surface area contributed by atoms with E-state index in [0.717, 1.165) is 0 Å². The van der Waals surface area contributed by atoms with Crippen LogP contribution in [0.5, 0.6) is 0 Å². The summed E-state index contributed by atoms with van der Waals surface area (Å²) in [5, 5.41) is 0. The van der Waals surface area contributed by atoms with Crippen molar-refractivity contribution in [3.63, 3.8) is 0 Å². The van der Waals surface area contributed by atoms with Crippen molar-refractivity contribution in [3.05, 3.63) is 95.1 Å². The molecule has 1 aromatic rings. The summed E-state index contributed by atoms with van der Waals surface area (Å²) in [6, 6.07) is 11.1. The summed E-state index contributed by atoms with van der Waals surface area (Å²) in [6.45, 7) is 7.00. The highest BCUT2D eigenvalue weighted by molar-refractivity contribution is 5.64. The van der Waals surface area contributed by atoms with Crippen molar-refractivity contribution in [1.82, 2.24) is 0 Å². The van der Waals surface area contributed by atoms with E-state index in [1.54, 1.807) is 11.1 Å². The van der Waals surface area contributed by atoms with Gasteiger partial charge in [-0.15, -0.1) is 0 Å². The number of fused-ring (bicyclic) bond motifs is 1. The van der Waals surface area contributed by atoms with Crippen molar-refractivity contribution < 1.29 is 0 Å². The van der Waals surface area contributed by atoms with Crippen LogP contribution in [0.2, 0.25) is 0 Å². The van der Waals surface area contributed by atoms with E-state index in [9.17, 15) is 0 Å². The zero-order chi connectivity index (χ0) is 16.7. The van der Waals surface area contributed by atoms with Crippen LogP contribution in [0.4, 0.5) is 0 Å². The lowest BCUT2D eigenvalue weighted by atomic mass is 9.66. The molecule has 0 heterocycles. The quantitative estimate of drug-likeness (QED) is 0.627. The first-order chi connectivity index (χ1) is 11.6. The molecule has 0 amide bonds. The van der Waals surface area contributed by atoms with Crippen molar-refractivity contribution in [2.45, 2.75) is 32.6 Å². The molecule has 0 spiro atoms. The Kier molecular flexibility index (Phi) is 3.72. The minimum atomic E-state index is 0.0729. The molecule has 24 heavy (non-hydrogen) atoms. The maximum atomic E-state index is 2.47. The Morgan fingerprint density at radius 1 is 1.00 bits per heavy atom. The maximum absolute atomic E-state index is 2.47. The Hall–Kier alpha value is -2.08. The van der Waals surface area contributed by atoms with Gasteiger partial charge in [-0.25, -0.2) is 0 Å². The third kappa shape index (κ3) is 2.45. The van der Waals surface area contributed by atoms with Gasteiger partial charge in [0.15, 0.2) is 0 Å². The lowest BCUT2D eigenvalue weighted by Crippen LogP contribution is -2.32. The maximum Gasteiger partial charge on any atom is 0.0247 e. The van der Waals surface area contributed by atoms with Gasteiger partial charge in [-0.3, -0.25) is 0 Å². The topological polar surface area (TPSA) is 0 Å². The van der Waals surface area contributed by atoms with Crippen LogP contribution >= 0.6 is 0 Å². The monoisotopic (exact) mass is 314 g/mol. The fourth-order valence-corrected chi connectivity index (χ4v) is 4.58. The van der Waals surface area contributed by atoms with Crippen LogP contribution in [0.25, 0.3) is 0 Å². The second-order valence-corrected chi connectivity index (χ2v) is 7.75. The van der Waals surface area contributed by atoms with E-state index < -0.39 is 0 Å². The minimum absolute atomic E-state index is 0.0729. The predicted octanol–water partition coefficient (Wildman–Crippen LogP) is 6.16. The van der Waals surface area contributed by atoms with Crippen LogP contribution in [-0.4, -0.2) is 0 Å². The average molecular weight is 314 g/mol. The summed E-state index contributed by atoms with van der Waals surface area (Å²) in [4.78, 5) is 0. The van der Waals surface area contributed by atoms with Crippen molar-refractivity contribution in [1.29, 1.82) is 0 Å². The summed E-state index contributed by atoms with van der Waals surface area (Å²) in [6.07, 6.45) is 17.5. The average Bonchev–Trinajstić information content (AvgIpc) is 3.34. The summed E-state index contributed by atoms with van der Waals surface area (Å²) in [7, 11) is 0. The molecule has 0 heteroatoms.